The van der Waals surface area contributed by atoms with E-state index in [-0.39, 0.29) is 41.4 Å². The maximum absolute atomic E-state index is 15.2. The molecule has 2 aliphatic heterocycles. The highest BCUT2D eigenvalue weighted by molar-refractivity contribution is 7.93. The van der Waals surface area contributed by atoms with Gasteiger partial charge in [-0.25, -0.2) is 13.6 Å². The van der Waals surface area contributed by atoms with Crippen LogP contribution in [0.25, 0.3) is 33.5 Å². The van der Waals surface area contributed by atoms with Gasteiger partial charge in [0, 0.05) is 38.0 Å². The molecule has 1 amide bonds. The lowest BCUT2D eigenvalue weighted by atomic mass is 10.0. The number of rotatable bonds is 10. The van der Waals surface area contributed by atoms with Crippen molar-refractivity contribution in [1.82, 2.24) is 14.5 Å². The van der Waals surface area contributed by atoms with Crippen molar-refractivity contribution in [1.29, 1.82) is 0 Å². The van der Waals surface area contributed by atoms with E-state index >= 15 is 4.39 Å². The van der Waals surface area contributed by atoms with Crippen LogP contribution in [-0.2, 0) is 35.5 Å². The number of hydrogen-bond donors (Lipinski definition) is 0. The third kappa shape index (κ3) is 8.15. The Morgan fingerprint density at radius 3 is 2.41 bits per heavy atom. The van der Waals surface area contributed by atoms with Crippen LogP contribution in [0.5, 0.6) is 6.01 Å². The minimum atomic E-state index is -5.30. The van der Waals surface area contributed by atoms with Gasteiger partial charge in [0.25, 0.3) is 0 Å². The molecular weight excluding hydrogens is 732 g/mol. The predicted octanol–water partition coefficient (Wildman–Crippen LogP) is 7.60. The quantitative estimate of drug-likeness (QED) is 0.0922. The minimum Gasteiger partial charge on any atom is -0.456 e. The molecular formula is C34H37ClF4N4O6SSi. The summed E-state index contributed by atoms with van der Waals surface area (Å²) in [5, 5.41) is 0.314. The number of carbonyl (C=O) groups excluding carboxylic acids is 1. The number of alkyl halides is 3. The van der Waals surface area contributed by atoms with Gasteiger partial charge in [-0.1, -0.05) is 68.5 Å². The molecule has 4 heterocycles. The highest BCUT2D eigenvalue weighted by Crippen LogP contribution is 2.36. The van der Waals surface area contributed by atoms with Crippen LogP contribution in [-0.4, -0.2) is 83.3 Å². The Morgan fingerprint density at radius 2 is 1.75 bits per heavy atom. The first-order valence-corrected chi connectivity index (χ1v) is 22.2. The van der Waals surface area contributed by atoms with Gasteiger partial charge in [-0.15, -0.1) is 4.36 Å². The molecule has 0 saturated carbocycles. The zero-order chi connectivity index (χ0) is 36.9. The van der Waals surface area contributed by atoms with Crippen LogP contribution in [0.1, 0.15) is 6.92 Å². The molecule has 4 aromatic rings. The van der Waals surface area contributed by atoms with Crippen molar-refractivity contribution in [2.45, 2.75) is 68.7 Å². The molecule has 2 aromatic carbocycles. The molecule has 0 spiro atoms. The molecule has 0 bridgehead atoms. The number of halogens is 5. The fraction of sp³-hybridized carbons (Fsp3) is 0.441. The van der Waals surface area contributed by atoms with E-state index in [0.29, 0.717) is 58.8 Å². The second-order valence-electron chi connectivity index (χ2n) is 14.0. The van der Waals surface area contributed by atoms with Gasteiger partial charge in [0.1, 0.15) is 24.2 Å². The maximum Gasteiger partial charge on any atom is 0.474 e. The Balaban J connectivity index is 1.29. The van der Waals surface area contributed by atoms with Gasteiger partial charge in [0.15, 0.2) is 11.8 Å². The standard InChI is InChI=1S/C34H37ClF4N4O6SSi/c1-19-16-47-30-27(17-48-29(19)30)49-33-40-26-15-24(35)28(41-31(26)43(33)18-46-12-13-51(3,4)5)21-8-6-20(7-9-21)23-11-10-22(14-25(23)36)50(2,45)42-32(44)34(37,38)39/h6-11,14-15,19,27,29-30H,12-13,16-18H2,1-5H3/t19-,27-,29?,30?,50?/m1/s1. The Hall–Kier alpha value is -3.41. The van der Waals surface area contributed by atoms with Crippen molar-refractivity contribution < 1.29 is 45.5 Å². The van der Waals surface area contributed by atoms with Crippen LogP contribution in [0.4, 0.5) is 17.6 Å². The fourth-order valence-electron chi connectivity index (χ4n) is 5.87. The minimum absolute atomic E-state index is 0.0492. The Kier molecular flexibility index (Phi) is 10.4. The molecule has 0 N–H and O–H groups in total. The molecule has 3 unspecified atom stereocenters. The number of benzene rings is 2. The summed E-state index contributed by atoms with van der Waals surface area (Å²) in [4.78, 5) is 20.5. The van der Waals surface area contributed by atoms with Crippen molar-refractivity contribution in [3.63, 3.8) is 0 Å². The number of carbonyl (C=O) groups is 1. The Bertz CT molecular complexity index is 2080. The van der Waals surface area contributed by atoms with Crippen molar-refractivity contribution in [2.24, 2.45) is 10.3 Å². The Labute approximate surface area is 298 Å². The number of fused-ring (bicyclic) bond motifs is 2. The first kappa shape index (κ1) is 37.3. The number of aromatic nitrogens is 3. The number of imidazole rings is 1. The van der Waals surface area contributed by atoms with Gasteiger partial charge in [-0.05, 0) is 29.8 Å². The lowest BCUT2D eigenvalue weighted by molar-refractivity contribution is -0.169. The molecule has 2 aromatic heterocycles. The van der Waals surface area contributed by atoms with Crippen molar-refractivity contribution in [3.05, 3.63) is 59.4 Å². The third-order valence-corrected chi connectivity index (χ3v) is 12.4. The van der Waals surface area contributed by atoms with E-state index < -0.39 is 35.7 Å². The monoisotopic (exact) mass is 768 g/mol. The topological polar surface area (TPSA) is 114 Å². The first-order chi connectivity index (χ1) is 23.9. The van der Waals surface area contributed by atoms with Crippen LogP contribution in [0, 0.1) is 11.7 Å². The molecule has 6 rings (SSSR count). The van der Waals surface area contributed by atoms with E-state index in [9.17, 15) is 22.2 Å². The average molecular weight is 769 g/mol. The third-order valence-electron chi connectivity index (χ3n) is 8.72. The first-order valence-electron chi connectivity index (χ1n) is 16.2. The highest BCUT2D eigenvalue weighted by atomic mass is 35.5. The predicted molar refractivity (Wildman–Crippen MR) is 186 cm³/mol. The van der Waals surface area contributed by atoms with Crippen LogP contribution in [0.2, 0.25) is 30.7 Å². The molecule has 0 radical (unpaired) electrons. The zero-order valence-electron chi connectivity index (χ0n) is 28.5. The number of pyridine rings is 1. The molecule has 51 heavy (non-hydrogen) atoms. The lowest BCUT2D eigenvalue weighted by Gasteiger charge is -2.19. The highest BCUT2D eigenvalue weighted by Gasteiger charge is 2.47. The summed E-state index contributed by atoms with van der Waals surface area (Å²) in [5.74, 6) is -3.10. The van der Waals surface area contributed by atoms with Crippen molar-refractivity contribution in [2.75, 3.05) is 26.1 Å². The molecule has 17 heteroatoms. The molecule has 274 valence electrons. The second-order valence-corrected chi connectivity index (χ2v) is 22.3. The summed E-state index contributed by atoms with van der Waals surface area (Å²) in [5.41, 5.74) is 2.53. The molecule has 0 aliphatic carbocycles. The maximum atomic E-state index is 15.2. The number of hydrogen-bond acceptors (Lipinski definition) is 8. The van der Waals surface area contributed by atoms with Gasteiger partial charge in [0.2, 0.25) is 0 Å². The fourth-order valence-corrected chi connectivity index (χ4v) is 8.05. The summed E-state index contributed by atoms with van der Waals surface area (Å²) < 4.78 is 95.0. The van der Waals surface area contributed by atoms with Crippen LogP contribution < -0.4 is 4.74 Å². The van der Waals surface area contributed by atoms with Crippen LogP contribution >= 0.6 is 11.6 Å². The number of nitrogens with zero attached hydrogens (tertiary/aromatic N) is 4. The smallest absolute Gasteiger partial charge is 0.456 e. The van der Waals surface area contributed by atoms with Gasteiger partial charge < -0.3 is 18.9 Å². The van der Waals surface area contributed by atoms with E-state index in [0.717, 1.165) is 18.4 Å². The summed E-state index contributed by atoms with van der Waals surface area (Å²) in [6, 6.07) is 12.9. The van der Waals surface area contributed by atoms with Crippen LogP contribution in [0.15, 0.2) is 57.8 Å². The molecule has 2 saturated heterocycles. The van der Waals surface area contributed by atoms with Crippen molar-refractivity contribution in [3.8, 4) is 28.4 Å². The molecule has 2 aliphatic rings. The normalized spacial score (nSPS) is 21.8. The van der Waals surface area contributed by atoms with E-state index in [1.165, 1.54) is 12.1 Å². The number of ether oxygens (including phenoxy) is 4. The van der Waals surface area contributed by atoms with Gasteiger partial charge >= 0.3 is 18.1 Å². The Morgan fingerprint density at radius 1 is 1.06 bits per heavy atom. The average Bonchev–Trinajstić information content (AvgIpc) is 3.72. The van der Waals surface area contributed by atoms with Gasteiger partial charge in [-0.3, -0.25) is 9.36 Å². The van der Waals surface area contributed by atoms with Crippen molar-refractivity contribution >= 4 is 46.5 Å². The second kappa shape index (κ2) is 14.2. The molecule has 10 nitrogen and oxygen atoms in total. The van der Waals surface area contributed by atoms with E-state index in [1.807, 2.05) is 0 Å². The van der Waals surface area contributed by atoms with E-state index in [2.05, 4.69) is 30.9 Å². The SMILES string of the molecule is C[C@@H]1COC2C1OC[C@H]2Oc1nc2cc(Cl)c(-c3ccc(-c4ccc(S(C)(=O)=NC(=O)C(F)(F)F)cc4F)cc3)nc2n1COCC[Si](C)(C)C. The summed E-state index contributed by atoms with van der Waals surface area (Å²) in [6.45, 7) is 10.5. The zero-order valence-corrected chi connectivity index (χ0v) is 31.1. The molecule has 2 fully saturated rings. The number of amides is 1. The van der Waals surface area contributed by atoms with Crippen LogP contribution in [0.3, 0.4) is 0 Å². The molecule has 5 atom stereocenters. The van der Waals surface area contributed by atoms with E-state index in [4.69, 9.17) is 40.5 Å². The van der Waals surface area contributed by atoms with Gasteiger partial charge in [-0.2, -0.15) is 18.2 Å². The summed E-state index contributed by atoms with van der Waals surface area (Å²) >= 11 is 6.73. The van der Waals surface area contributed by atoms with Gasteiger partial charge in [0.05, 0.1) is 44.7 Å². The summed E-state index contributed by atoms with van der Waals surface area (Å²) in [6.07, 6.45) is -5.08. The largest absolute Gasteiger partial charge is 0.474 e. The van der Waals surface area contributed by atoms with E-state index in [1.54, 1.807) is 34.9 Å². The lowest BCUT2D eigenvalue weighted by Crippen LogP contribution is -2.34. The summed E-state index contributed by atoms with van der Waals surface area (Å²) in [7, 11) is -5.20.